The summed E-state index contributed by atoms with van der Waals surface area (Å²) in [6, 6.07) is 32.1. The van der Waals surface area contributed by atoms with E-state index in [0.29, 0.717) is 6.42 Å². The van der Waals surface area contributed by atoms with Crippen LogP contribution in [0.5, 0.6) is 0 Å². The maximum atomic E-state index is 12.5. The van der Waals surface area contributed by atoms with Gasteiger partial charge in [0.2, 0.25) is 5.91 Å². The Labute approximate surface area is 168 Å². The summed E-state index contributed by atoms with van der Waals surface area (Å²) in [5.41, 5.74) is 5.66. The lowest BCUT2D eigenvalue weighted by atomic mass is 10.0. The zero-order valence-electron chi connectivity index (χ0n) is 15.8. The molecule has 0 aliphatic heterocycles. The molecule has 4 aromatic carbocycles. The molecule has 0 atom stereocenters. The van der Waals surface area contributed by atoms with Crippen LogP contribution < -0.4 is 5.32 Å². The summed E-state index contributed by atoms with van der Waals surface area (Å²) in [5.74, 6) is -0.0482. The second-order valence-electron chi connectivity index (χ2n) is 7.10. The minimum atomic E-state index is -0.0482. The summed E-state index contributed by atoms with van der Waals surface area (Å²) in [5, 5.41) is 5.11. The second kappa shape index (κ2) is 7.28. The number of hydrogen-bond acceptors (Lipinski definition) is 2. The third-order valence-corrected chi connectivity index (χ3v) is 5.09. The highest BCUT2D eigenvalue weighted by molar-refractivity contribution is 6.06. The maximum Gasteiger partial charge on any atom is 0.228 e. The summed E-state index contributed by atoms with van der Waals surface area (Å²) >= 11 is 0. The van der Waals surface area contributed by atoms with Gasteiger partial charge in [-0.2, -0.15) is 0 Å². The number of rotatable bonds is 4. The quantitative estimate of drug-likeness (QED) is 0.392. The summed E-state index contributed by atoms with van der Waals surface area (Å²) in [6.07, 6.45) is 0.327. The molecule has 1 heterocycles. The van der Waals surface area contributed by atoms with Crippen LogP contribution in [0, 0.1) is 0 Å². The largest absolute Gasteiger partial charge is 0.456 e. The van der Waals surface area contributed by atoms with E-state index in [1.165, 1.54) is 5.56 Å². The third-order valence-electron chi connectivity index (χ3n) is 5.09. The van der Waals surface area contributed by atoms with Crippen LogP contribution >= 0.6 is 0 Å². The standard InChI is InChI=1S/C26H19NO2/c28-26(16-18-10-12-20(13-11-18)19-6-2-1-3-7-19)27-21-14-15-23-22-8-4-5-9-24(22)29-25(23)17-21/h1-15,17H,16H2,(H,27,28). The van der Waals surface area contributed by atoms with Crippen molar-refractivity contribution in [2.75, 3.05) is 5.32 Å². The lowest BCUT2D eigenvalue weighted by molar-refractivity contribution is -0.115. The van der Waals surface area contributed by atoms with Gasteiger partial charge < -0.3 is 9.73 Å². The first-order valence-corrected chi connectivity index (χ1v) is 9.62. The first-order valence-electron chi connectivity index (χ1n) is 9.62. The predicted octanol–water partition coefficient (Wildman–Crippen LogP) is 6.43. The van der Waals surface area contributed by atoms with Crippen molar-refractivity contribution in [2.45, 2.75) is 6.42 Å². The van der Waals surface area contributed by atoms with E-state index in [1.807, 2.05) is 72.8 Å². The molecule has 29 heavy (non-hydrogen) atoms. The molecule has 0 aliphatic rings. The van der Waals surface area contributed by atoms with Gasteiger partial charge >= 0.3 is 0 Å². The van der Waals surface area contributed by atoms with Gasteiger partial charge in [-0.05, 0) is 34.9 Å². The molecule has 0 unspecified atom stereocenters. The van der Waals surface area contributed by atoms with Crippen LogP contribution in [0.1, 0.15) is 5.56 Å². The molecule has 5 rings (SSSR count). The van der Waals surface area contributed by atoms with Gasteiger partial charge in [-0.25, -0.2) is 0 Å². The zero-order valence-corrected chi connectivity index (χ0v) is 15.8. The van der Waals surface area contributed by atoms with Gasteiger partial charge in [-0.1, -0.05) is 72.8 Å². The SMILES string of the molecule is O=C(Cc1ccc(-c2ccccc2)cc1)Nc1ccc2c(c1)oc1ccccc12. The van der Waals surface area contributed by atoms with Crippen LogP contribution in [0.3, 0.4) is 0 Å². The Kier molecular flexibility index (Phi) is 4.34. The molecule has 0 radical (unpaired) electrons. The third kappa shape index (κ3) is 3.50. The Morgan fingerprint density at radius 3 is 2.21 bits per heavy atom. The molecule has 0 saturated heterocycles. The number of furan rings is 1. The highest BCUT2D eigenvalue weighted by Crippen LogP contribution is 2.30. The lowest BCUT2D eigenvalue weighted by Gasteiger charge is -2.07. The Balaban J connectivity index is 1.31. The molecule has 140 valence electrons. The fraction of sp³-hybridized carbons (Fsp3) is 0.0385. The number of benzene rings is 4. The van der Waals surface area contributed by atoms with Crippen LogP contribution in [-0.2, 0) is 11.2 Å². The van der Waals surface area contributed by atoms with Gasteiger partial charge in [0, 0.05) is 22.5 Å². The minimum Gasteiger partial charge on any atom is -0.456 e. The number of anilines is 1. The Hall–Kier alpha value is -3.85. The van der Waals surface area contributed by atoms with E-state index in [0.717, 1.165) is 38.8 Å². The molecule has 0 spiro atoms. The van der Waals surface area contributed by atoms with Crippen molar-refractivity contribution in [3.05, 3.63) is 103 Å². The van der Waals surface area contributed by atoms with Crippen molar-refractivity contribution in [1.29, 1.82) is 0 Å². The number of nitrogens with one attached hydrogen (secondary N) is 1. The predicted molar refractivity (Wildman–Crippen MR) is 118 cm³/mol. The van der Waals surface area contributed by atoms with Gasteiger partial charge in [0.25, 0.3) is 0 Å². The van der Waals surface area contributed by atoms with Crippen LogP contribution in [0.2, 0.25) is 0 Å². The fourth-order valence-electron chi connectivity index (χ4n) is 3.64. The second-order valence-corrected chi connectivity index (χ2v) is 7.10. The number of para-hydroxylation sites is 1. The number of amides is 1. The van der Waals surface area contributed by atoms with E-state index < -0.39 is 0 Å². The minimum absolute atomic E-state index is 0.0482. The fourth-order valence-corrected chi connectivity index (χ4v) is 3.64. The van der Waals surface area contributed by atoms with E-state index in [-0.39, 0.29) is 5.91 Å². The van der Waals surface area contributed by atoms with Gasteiger partial charge in [-0.3, -0.25) is 4.79 Å². The van der Waals surface area contributed by atoms with Gasteiger partial charge in [0.15, 0.2) is 0 Å². The molecule has 0 saturated carbocycles. The molecule has 1 amide bonds. The molecule has 0 fully saturated rings. The van der Waals surface area contributed by atoms with E-state index in [1.54, 1.807) is 0 Å². The van der Waals surface area contributed by atoms with Crippen molar-refractivity contribution in [3.63, 3.8) is 0 Å². The monoisotopic (exact) mass is 377 g/mol. The Morgan fingerprint density at radius 2 is 1.38 bits per heavy atom. The van der Waals surface area contributed by atoms with Gasteiger partial charge in [0.1, 0.15) is 11.2 Å². The molecular formula is C26H19NO2. The highest BCUT2D eigenvalue weighted by Gasteiger charge is 2.09. The summed E-state index contributed by atoms with van der Waals surface area (Å²) in [6.45, 7) is 0. The van der Waals surface area contributed by atoms with Gasteiger partial charge in [0.05, 0.1) is 6.42 Å². The topological polar surface area (TPSA) is 42.2 Å². The molecule has 3 nitrogen and oxygen atoms in total. The molecule has 1 N–H and O–H groups in total. The molecule has 0 bridgehead atoms. The zero-order chi connectivity index (χ0) is 19.6. The number of hydrogen-bond donors (Lipinski definition) is 1. The average Bonchev–Trinajstić information content (AvgIpc) is 3.12. The maximum absolute atomic E-state index is 12.5. The van der Waals surface area contributed by atoms with Crippen LogP contribution in [0.15, 0.2) is 101 Å². The van der Waals surface area contributed by atoms with E-state index >= 15 is 0 Å². The van der Waals surface area contributed by atoms with Crippen molar-refractivity contribution < 1.29 is 9.21 Å². The molecule has 1 aromatic heterocycles. The number of carbonyl (C=O) groups excluding carboxylic acids is 1. The first kappa shape index (κ1) is 17.3. The van der Waals surface area contributed by atoms with Crippen molar-refractivity contribution in [1.82, 2.24) is 0 Å². The molecule has 3 heteroatoms. The van der Waals surface area contributed by atoms with Crippen molar-refractivity contribution >= 4 is 33.5 Å². The number of fused-ring (bicyclic) bond motifs is 3. The molecule has 5 aromatic rings. The normalized spacial score (nSPS) is 11.0. The van der Waals surface area contributed by atoms with E-state index in [9.17, 15) is 4.79 Å². The van der Waals surface area contributed by atoms with E-state index in [4.69, 9.17) is 4.42 Å². The summed E-state index contributed by atoms with van der Waals surface area (Å²) in [4.78, 5) is 12.5. The lowest BCUT2D eigenvalue weighted by Crippen LogP contribution is -2.14. The number of carbonyl (C=O) groups is 1. The average molecular weight is 377 g/mol. The van der Waals surface area contributed by atoms with Crippen LogP contribution in [-0.4, -0.2) is 5.91 Å². The van der Waals surface area contributed by atoms with E-state index in [2.05, 4.69) is 29.6 Å². The van der Waals surface area contributed by atoms with Crippen molar-refractivity contribution in [3.8, 4) is 11.1 Å². The van der Waals surface area contributed by atoms with Crippen molar-refractivity contribution in [2.24, 2.45) is 0 Å². The highest BCUT2D eigenvalue weighted by atomic mass is 16.3. The van der Waals surface area contributed by atoms with Crippen LogP contribution in [0.4, 0.5) is 5.69 Å². The molecular weight excluding hydrogens is 358 g/mol. The summed E-state index contributed by atoms with van der Waals surface area (Å²) < 4.78 is 5.90. The molecule has 0 aliphatic carbocycles. The van der Waals surface area contributed by atoms with Gasteiger partial charge in [-0.15, -0.1) is 0 Å². The Morgan fingerprint density at radius 1 is 0.690 bits per heavy atom. The summed E-state index contributed by atoms with van der Waals surface area (Å²) in [7, 11) is 0. The smallest absolute Gasteiger partial charge is 0.228 e. The first-order chi connectivity index (χ1) is 14.3. The Bertz CT molecular complexity index is 1300. The van der Waals surface area contributed by atoms with Crippen LogP contribution in [0.25, 0.3) is 33.1 Å².